The molecule has 0 aromatic heterocycles. The minimum atomic E-state index is -0.491. The van der Waals surface area contributed by atoms with E-state index >= 15 is 0 Å². The van der Waals surface area contributed by atoms with Gasteiger partial charge in [-0.3, -0.25) is 4.79 Å². The maximum atomic E-state index is 13.8. The molecule has 1 aliphatic heterocycles. The van der Waals surface area contributed by atoms with Gasteiger partial charge in [0.2, 0.25) is 5.91 Å². The van der Waals surface area contributed by atoms with Crippen molar-refractivity contribution in [1.29, 1.82) is 0 Å². The van der Waals surface area contributed by atoms with Crippen LogP contribution >= 0.6 is 23.4 Å². The fourth-order valence-electron chi connectivity index (χ4n) is 2.23. The summed E-state index contributed by atoms with van der Waals surface area (Å²) in [4.78, 5) is 13.7. The van der Waals surface area contributed by atoms with Gasteiger partial charge in [-0.1, -0.05) is 18.2 Å². The number of carbonyl (C=O) groups is 1. The highest BCUT2D eigenvalue weighted by molar-refractivity contribution is 7.99. The zero-order chi connectivity index (χ0) is 13.8. The molecule has 5 heteroatoms. The summed E-state index contributed by atoms with van der Waals surface area (Å²) >= 11 is 7.54. The topological polar surface area (TPSA) is 20.3 Å². The Kier molecular flexibility index (Phi) is 5.11. The Bertz CT molecular complexity index is 455. The van der Waals surface area contributed by atoms with Crippen LogP contribution < -0.4 is 0 Å². The van der Waals surface area contributed by atoms with Crippen molar-refractivity contribution in [2.24, 2.45) is 0 Å². The van der Waals surface area contributed by atoms with Crippen LogP contribution in [0.25, 0.3) is 0 Å². The van der Waals surface area contributed by atoms with Gasteiger partial charge in [0.1, 0.15) is 11.2 Å². The molecule has 0 spiro atoms. The smallest absolute Gasteiger partial charge is 0.240 e. The summed E-state index contributed by atoms with van der Waals surface area (Å²) in [5.41, 5.74) is 0.737. The van der Waals surface area contributed by atoms with Crippen molar-refractivity contribution in [3.63, 3.8) is 0 Å². The molecule has 1 fully saturated rings. The van der Waals surface area contributed by atoms with Crippen LogP contribution in [-0.2, 0) is 4.79 Å². The number of hydrogen-bond donors (Lipinski definition) is 0. The summed E-state index contributed by atoms with van der Waals surface area (Å²) in [6, 6.07) is 6.87. The van der Waals surface area contributed by atoms with E-state index in [1.807, 2.05) is 12.1 Å². The number of amides is 1. The number of hydrogen-bond acceptors (Lipinski definition) is 2. The first kappa shape index (κ1) is 14.7. The fraction of sp³-hybridized carbons (Fsp3) is 0.500. The molecule has 2 nitrogen and oxygen atoms in total. The number of rotatable bonds is 2. The Labute approximate surface area is 122 Å². The average Bonchev–Trinajstić information content (AvgIpc) is 2.64. The Balaban J connectivity index is 2.05. The van der Waals surface area contributed by atoms with E-state index < -0.39 is 5.38 Å². The second-order valence-corrected chi connectivity index (χ2v) is 6.58. The predicted octanol–water partition coefficient (Wildman–Crippen LogP) is 3.46. The second-order valence-electron chi connectivity index (χ2n) is 4.61. The molecule has 0 bridgehead atoms. The molecule has 1 aromatic rings. The van der Waals surface area contributed by atoms with E-state index in [-0.39, 0.29) is 17.0 Å². The molecule has 2 rings (SSSR count). The molecule has 19 heavy (non-hydrogen) atoms. The van der Waals surface area contributed by atoms with Gasteiger partial charge in [0.05, 0.1) is 0 Å². The number of thioether (sulfide) groups is 1. The summed E-state index contributed by atoms with van der Waals surface area (Å²) in [5, 5.41) is -0.375. The van der Waals surface area contributed by atoms with Crippen LogP contribution in [0.1, 0.15) is 24.2 Å². The Hall–Kier alpha value is -0.740. The third-order valence-corrected chi connectivity index (χ3v) is 4.74. The Morgan fingerprint density at radius 1 is 1.47 bits per heavy atom. The zero-order valence-corrected chi connectivity index (χ0v) is 12.4. The summed E-state index contributed by atoms with van der Waals surface area (Å²) in [5.74, 6) is 0.621. The lowest BCUT2D eigenvalue weighted by Crippen LogP contribution is -2.37. The van der Waals surface area contributed by atoms with Gasteiger partial charge in [-0.05, 0) is 19.4 Å². The molecule has 1 aromatic carbocycles. The first-order valence-corrected chi connectivity index (χ1v) is 7.87. The van der Waals surface area contributed by atoms with E-state index in [0.717, 1.165) is 17.7 Å². The molecule has 1 amide bonds. The van der Waals surface area contributed by atoms with Crippen LogP contribution in [0.4, 0.5) is 4.39 Å². The molecular weight excluding hydrogens is 285 g/mol. The first-order chi connectivity index (χ1) is 9.09. The standard InChI is InChI=1S/C14H17ClFNOS/c1-10(15)14(18)17-7-6-13(19-9-8-17)11-4-2-3-5-12(11)16/h2-5,10,13H,6-9H2,1H3. The molecule has 2 unspecified atom stereocenters. The van der Waals surface area contributed by atoms with Crippen molar-refractivity contribution >= 4 is 29.3 Å². The molecule has 2 atom stereocenters. The number of halogens is 2. The van der Waals surface area contributed by atoms with Crippen LogP contribution in [-0.4, -0.2) is 35.0 Å². The SMILES string of the molecule is CC(Cl)C(=O)N1CCSC(c2ccccc2F)CC1. The van der Waals surface area contributed by atoms with Crippen molar-refractivity contribution in [2.45, 2.75) is 24.0 Å². The number of carbonyl (C=O) groups excluding carboxylic acids is 1. The normalized spacial score (nSPS) is 21.8. The van der Waals surface area contributed by atoms with Crippen LogP contribution in [0.2, 0.25) is 0 Å². The van der Waals surface area contributed by atoms with Crippen molar-refractivity contribution < 1.29 is 9.18 Å². The lowest BCUT2D eigenvalue weighted by Gasteiger charge is -2.21. The maximum absolute atomic E-state index is 13.8. The highest BCUT2D eigenvalue weighted by Gasteiger charge is 2.25. The highest BCUT2D eigenvalue weighted by atomic mass is 35.5. The molecule has 1 aliphatic rings. The van der Waals surface area contributed by atoms with Gasteiger partial charge in [0.25, 0.3) is 0 Å². The van der Waals surface area contributed by atoms with Crippen LogP contribution in [0, 0.1) is 5.82 Å². The number of alkyl halides is 1. The minimum absolute atomic E-state index is 0.0311. The summed E-state index contributed by atoms with van der Waals surface area (Å²) in [6.45, 7) is 3.02. The fourth-order valence-corrected chi connectivity index (χ4v) is 3.62. The van der Waals surface area contributed by atoms with E-state index in [1.54, 1.807) is 29.7 Å². The summed E-state index contributed by atoms with van der Waals surface area (Å²) in [7, 11) is 0. The van der Waals surface area contributed by atoms with Gasteiger partial charge >= 0.3 is 0 Å². The monoisotopic (exact) mass is 301 g/mol. The van der Waals surface area contributed by atoms with Gasteiger partial charge < -0.3 is 4.90 Å². The number of nitrogens with zero attached hydrogens (tertiary/aromatic N) is 1. The van der Waals surface area contributed by atoms with Crippen molar-refractivity contribution in [1.82, 2.24) is 4.90 Å². The van der Waals surface area contributed by atoms with E-state index in [0.29, 0.717) is 13.1 Å². The van der Waals surface area contributed by atoms with Crippen molar-refractivity contribution in [3.05, 3.63) is 35.6 Å². The van der Waals surface area contributed by atoms with Gasteiger partial charge in [-0.15, -0.1) is 11.6 Å². The van der Waals surface area contributed by atoms with Crippen molar-refractivity contribution in [3.8, 4) is 0 Å². The van der Waals surface area contributed by atoms with Crippen LogP contribution in [0.3, 0.4) is 0 Å². The molecular formula is C14H17ClFNOS. The molecule has 0 aliphatic carbocycles. The van der Waals surface area contributed by atoms with Gasteiger partial charge in [-0.25, -0.2) is 4.39 Å². The second kappa shape index (κ2) is 6.62. The summed E-state index contributed by atoms with van der Waals surface area (Å²) < 4.78 is 13.8. The van der Waals surface area contributed by atoms with Crippen LogP contribution in [0.5, 0.6) is 0 Å². The minimum Gasteiger partial charge on any atom is -0.341 e. The molecule has 1 heterocycles. The summed E-state index contributed by atoms with van der Waals surface area (Å²) in [6.07, 6.45) is 0.765. The Morgan fingerprint density at radius 3 is 2.89 bits per heavy atom. The number of benzene rings is 1. The largest absolute Gasteiger partial charge is 0.341 e. The Morgan fingerprint density at radius 2 is 2.21 bits per heavy atom. The zero-order valence-electron chi connectivity index (χ0n) is 10.8. The van der Waals surface area contributed by atoms with Gasteiger partial charge in [0.15, 0.2) is 0 Å². The van der Waals surface area contributed by atoms with Crippen LogP contribution in [0.15, 0.2) is 24.3 Å². The lowest BCUT2D eigenvalue weighted by atomic mass is 10.1. The van der Waals surface area contributed by atoms with E-state index in [2.05, 4.69) is 0 Å². The third kappa shape index (κ3) is 3.63. The molecule has 1 saturated heterocycles. The third-order valence-electron chi connectivity index (χ3n) is 3.25. The van der Waals surface area contributed by atoms with E-state index in [1.165, 1.54) is 6.07 Å². The molecule has 0 radical (unpaired) electrons. The maximum Gasteiger partial charge on any atom is 0.240 e. The van der Waals surface area contributed by atoms with Crippen molar-refractivity contribution in [2.75, 3.05) is 18.8 Å². The van der Waals surface area contributed by atoms with E-state index in [9.17, 15) is 9.18 Å². The average molecular weight is 302 g/mol. The highest BCUT2D eigenvalue weighted by Crippen LogP contribution is 2.35. The molecule has 0 saturated carbocycles. The molecule has 104 valence electrons. The first-order valence-electron chi connectivity index (χ1n) is 6.38. The van der Waals surface area contributed by atoms with Gasteiger partial charge in [-0.2, -0.15) is 11.8 Å². The van der Waals surface area contributed by atoms with E-state index in [4.69, 9.17) is 11.6 Å². The lowest BCUT2D eigenvalue weighted by molar-refractivity contribution is -0.130. The quantitative estimate of drug-likeness (QED) is 0.780. The molecule has 0 N–H and O–H groups in total. The predicted molar refractivity (Wildman–Crippen MR) is 78.1 cm³/mol. The van der Waals surface area contributed by atoms with Gasteiger partial charge in [0, 0.05) is 29.7 Å².